The molecule has 0 saturated carbocycles. The van der Waals surface area contributed by atoms with Crippen molar-refractivity contribution in [2.24, 2.45) is 0 Å². The summed E-state index contributed by atoms with van der Waals surface area (Å²) in [5.74, 6) is -0.0631. The Balaban J connectivity index is 1.80. The van der Waals surface area contributed by atoms with Gasteiger partial charge in [-0.05, 0) is 24.0 Å². The van der Waals surface area contributed by atoms with E-state index in [2.05, 4.69) is 34.0 Å². The van der Waals surface area contributed by atoms with Gasteiger partial charge in [-0.2, -0.15) is 15.0 Å². The van der Waals surface area contributed by atoms with Crippen LogP contribution in [0.3, 0.4) is 0 Å². The summed E-state index contributed by atoms with van der Waals surface area (Å²) in [7, 11) is 0. The first-order chi connectivity index (χ1) is 10.6. The van der Waals surface area contributed by atoms with E-state index in [9.17, 15) is 4.79 Å². The van der Waals surface area contributed by atoms with E-state index in [1.165, 1.54) is 5.56 Å². The minimum atomic E-state index is -0.322. The van der Waals surface area contributed by atoms with Crippen LogP contribution in [-0.2, 0) is 29.0 Å². The molecule has 0 bridgehead atoms. The zero-order valence-electron chi connectivity index (χ0n) is 12.5. The monoisotopic (exact) mass is 301 g/mol. The Labute approximate surface area is 128 Å². The first kappa shape index (κ1) is 15.7. The number of nitrogens with zero attached hydrogens (tertiary/aromatic N) is 3. The summed E-state index contributed by atoms with van der Waals surface area (Å²) in [6, 6.07) is 8.19. The highest BCUT2D eigenvalue weighted by atomic mass is 16.5. The number of aromatic nitrogens is 3. The average Bonchev–Trinajstić information content (AvgIpc) is 2.50. The quantitative estimate of drug-likeness (QED) is 0.771. The lowest BCUT2D eigenvalue weighted by molar-refractivity contribution is -0.145. The Morgan fingerprint density at radius 2 is 1.64 bits per heavy atom. The fourth-order valence-electron chi connectivity index (χ4n) is 1.93. The molecule has 1 aromatic heterocycles. The summed E-state index contributed by atoms with van der Waals surface area (Å²) in [5, 5.41) is 0. The Bertz CT molecular complexity index is 623. The van der Waals surface area contributed by atoms with Crippen molar-refractivity contribution in [3.05, 3.63) is 41.2 Å². The van der Waals surface area contributed by atoms with E-state index in [1.807, 2.05) is 12.1 Å². The maximum absolute atomic E-state index is 11.7. The fraction of sp³-hybridized carbons (Fsp3) is 0.333. The van der Waals surface area contributed by atoms with Gasteiger partial charge in [0.1, 0.15) is 0 Å². The van der Waals surface area contributed by atoms with E-state index in [0.29, 0.717) is 12.8 Å². The summed E-state index contributed by atoms with van der Waals surface area (Å²) in [6.45, 7) is 2.04. The van der Waals surface area contributed by atoms with Gasteiger partial charge in [0.05, 0.1) is 0 Å². The van der Waals surface area contributed by atoms with Crippen LogP contribution in [0.4, 0.5) is 11.9 Å². The number of nitrogens with two attached hydrogens (primary N) is 2. The molecule has 0 saturated heterocycles. The molecule has 2 aromatic rings. The van der Waals surface area contributed by atoms with Gasteiger partial charge < -0.3 is 16.2 Å². The first-order valence-electron chi connectivity index (χ1n) is 7.06. The minimum absolute atomic E-state index is 0.00885. The van der Waals surface area contributed by atoms with Crippen molar-refractivity contribution in [3.8, 4) is 0 Å². The highest BCUT2D eigenvalue weighted by Crippen LogP contribution is 2.08. The van der Waals surface area contributed by atoms with Crippen molar-refractivity contribution in [3.63, 3.8) is 0 Å². The van der Waals surface area contributed by atoms with Crippen LogP contribution >= 0.6 is 0 Å². The lowest BCUT2D eigenvalue weighted by Gasteiger charge is -2.05. The predicted molar refractivity (Wildman–Crippen MR) is 82.6 cm³/mol. The van der Waals surface area contributed by atoms with E-state index < -0.39 is 0 Å². The second kappa shape index (κ2) is 7.35. The molecule has 7 heteroatoms. The molecule has 0 spiro atoms. The molecule has 7 nitrogen and oxygen atoms in total. The topological polar surface area (TPSA) is 117 Å². The second-order valence-electron chi connectivity index (χ2n) is 4.80. The van der Waals surface area contributed by atoms with Crippen LogP contribution in [0.5, 0.6) is 0 Å². The zero-order valence-corrected chi connectivity index (χ0v) is 12.5. The van der Waals surface area contributed by atoms with Crippen LogP contribution in [0, 0.1) is 0 Å². The maximum Gasteiger partial charge on any atom is 0.306 e. The number of esters is 1. The largest absolute Gasteiger partial charge is 0.457 e. The molecule has 2 rings (SSSR count). The zero-order chi connectivity index (χ0) is 15.9. The average molecular weight is 301 g/mol. The van der Waals surface area contributed by atoms with Gasteiger partial charge in [0.25, 0.3) is 0 Å². The van der Waals surface area contributed by atoms with Gasteiger partial charge in [-0.3, -0.25) is 4.79 Å². The van der Waals surface area contributed by atoms with E-state index >= 15 is 0 Å². The highest BCUT2D eigenvalue weighted by molar-refractivity contribution is 5.69. The van der Waals surface area contributed by atoms with Gasteiger partial charge in [-0.15, -0.1) is 0 Å². The lowest BCUT2D eigenvalue weighted by Crippen LogP contribution is -2.11. The summed E-state index contributed by atoms with van der Waals surface area (Å²) < 4.78 is 5.10. The molecule has 4 N–H and O–H groups in total. The predicted octanol–water partition coefficient (Wildman–Crippen LogP) is 1.27. The summed E-state index contributed by atoms with van der Waals surface area (Å²) in [6.07, 6.45) is 1.92. The van der Waals surface area contributed by atoms with Gasteiger partial charge in [-0.1, -0.05) is 31.2 Å². The van der Waals surface area contributed by atoms with Gasteiger partial charge in [-0.25, -0.2) is 0 Å². The summed E-state index contributed by atoms with van der Waals surface area (Å²) in [4.78, 5) is 23.1. The van der Waals surface area contributed by atoms with Crippen LogP contribution in [0.1, 0.15) is 30.3 Å². The highest BCUT2D eigenvalue weighted by Gasteiger charge is 2.07. The molecule has 1 heterocycles. The third kappa shape index (κ3) is 4.69. The van der Waals surface area contributed by atoms with Gasteiger partial charge in [0.15, 0.2) is 12.4 Å². The minimum Gasteiger partial charge on any atom is -0.457 e. The van der Waals surface area contributed by atoms with Crippen molar-refractivity contribution in [2.45, 2.75) is 32.8 Å². The number of carbonyl (C=O) groups excluding carboxylic acids is 1. The Morgan fingerprint density at radius 1 is 1.05 bits per heavy atom. The molecule has 0 fully saturated rings. The number of rotatable bonds is 6. The van der Waals surface area contributed by atoms with Crippen LogP contribution in [0.15, 0.2) is 24.3 Å². The molecule has 0 atom stereocenters. The number of anilines is 2. The SMILES string of the molecule is CCc1ccc(CCC(=O)OCc2nc(N)nc(N)n2)cc1. The second-order valence-corrected chi connectivity index (χ2v) is 4.80. The number of nitrogen functional groups attached to an aromatic ring is 2. The normalized spacial score (nSPS) is 10.4. The number of ether oxygens (including phenoxy) is 1. The number of benzene rings is 1. The van der Waals surface area contributed by atoms with Crippen molar-refractivity contribution >= 4 is 17.9 Å². The molecule has 1 aromatic carbocycles. The molecular formula is C15H19N5O2. The Hall–Kier alpha value is -2.70. The molecule has 22 heavy (non-hydrogen) atoms. The van der Waals surface area contributed by atoms with Crippen LogP contribution in [0.25, 0.3) is 0 Å². The molecule has 0 amide bonds. The number of carbonyl (C=O) groups is 1. The summed E-state index contributed by atoms with van der Waals surface area (Å²) >= 11 is 0. The van der Waals surface area contributed by atoms with Crippen molar-refractivity contribution in [1.29, 1.82) is 0 Å². The standard InChI is InChI=1S/C15H19N5O2/c1-2-10-3-5-11(6-4-10)7-8-13(21)22-9-12-18-14(16)20-15(17)19-12/h3-6H,2,7-9H2,1H3,(H4,16,17,18,19,20). The third-order valence-corrected chi connectivity index (χ3v) is 3.13. The van der Waals surface area contributed by atoms with Gasteiger partial charge in [0, 0.05) is 6.42 Å². The molecule has 0 unspecified atom stereocenters. The molecule has 0 radical (unpaired) electrons. The number of aryl methyl sites for hydroxylation is 2. The van der Waals surface area contributed by atoms with Crippen LogP contribution in [0.2, 0.25) is 0 Å². The molecular weight excluding hydrogens is 282 g/mol. The van der Waals surface area contributed by atoms with Gasteiger partial charge in [0.2, 0.25) is 11.9 Å². The van der Waals surface area contributed by atoms with E-state index in [1.54, 1.807) is 0 Å². The number of hydrogen-bond donors (Lipinski definition) is 2. The molecule has 0 aliphatic carbocycles. The van der Waals surface area contributed by atoms with E-state index in [0.717, 1.165) is 12.0 Å². The van der Waals surface area contributed by atoms with Crippen LogP contribution in [-0.4, -0.2) is 20.9 Å². The lowest BCUT2D eigenvalue weighted by atomic mass is 10.1. The van der Waals surface area contributed by atoms with Gasteiger partial charge >= 0.3 is 5.97 Å². The Morgan fingerprint density at radius 3 is 2.23 bits per heavy atom. The van der Waals surface area contributed by atoms with Crippen molar-refractivity contribution in [1.82, 2.24) is 15.0 Å². The van der Waals surface area contributed by atoms with E-state index in [4.69, 9.17) is 16.2 Å². The van der Waals surface area contributed by atoms with E-state index in [-0.39, 0.29) is 30.3 Å². The number of hydrogen-bond acceptors (Lipinski definition) is 7. The first-order valence-corrected chi connectivity index (χ1v) is 7.06. The fourth-order valence-corrected chi connectivity index (χ4v) is 1.93. The van der Waals surface area contributed by atoms with Crippen molar-refractivity contribution < 1.29 is 9.53 Å². The van der Waals surface area contributed by atoms with Crippen LogP contribution < -0.4 is 11.5 Å². The maximum atomic E-state index is 11.7. The summed E-state index contributed by atoms with van der Waals surface area (Å²) in [5.41, 5.74) is 13.3. The van der Waals surface area contributed by atoms with Crippen molar-refractivity contribution in [2.75, 3.05) is 11.5 Å². The smallest absolute Gasteiger partial charge is 0.306 e. The molecule has 0 aliphatic heterocycles. The third-order valence-electron chi connectivity index (χ3n) is 3.13. The Kier molecular flexibility index (Phi) is 5.24. The molecule has 0 aliphatic rings. The molecule has 116 valence electrons.